The van der Waals surface area contributed by atoms with E-state index in [1.54, 1.807) is 6.07 Å². The van der Waals surface area contributed by atoms with Crippen LogP contribution in [0.15, 0.2) is 78.9 Å². The lowest BCUT2D eigenvalue weighted by Gasteiger charge is -2.33. The topological polar surface area (TPSA) is 44.3 Å². The quantitative estimate of drug-likeness (QED) is 0.589. The molecule has 0 bridgehead atoms. The van der Waals surface area contributed by atoms with Crippen LogP contribution >= 0.6 is 0 Å². The number of nitrogens with one attached hydrogen (secondary N) is 2. The Morgan fingerprint density at radius 1 is 0.893 bits per heavy atom. The van der Waals surface area contributed by atoms with E-state index in [9.17, 15) is 5.11 Å². The zero-order valence-corrected chi connectivity index (χ0v) is 16.3. The highest BCUT2D eigenvalue weighted by Gasteiger charge is 2.25. The molecule has 2 atom stereocenters. The van der Waals surface area contributed by atoms with Gasteiger partial charge in [0.1, 0.15) is 11.9 Å². The Kier molecular flexibility index (Phi) is 5.18. The molecule has 4 rings (SSSR count). The van der Waals surface area contributed by atoms with E-state index in [0.29, 0.717) is 5.75 Å². The third-order valence-corrected chi connectivity index (χ3v) is 5.34. The zero-order chi connectivity index (χ0) is 19.5. The average Bonchev–Trinajstić information content (AvgIpc) is 2.74. The Morgan fingerprint density at radius 2 is 1.61 bits per heavy atom. The van der Waals surface area contributed by atoms with Gasteiger partial charge in [0.25, 0.3) is 0 Å². The molecule has 0 saturated carbocycles. The number of rotatable bonds is 4. The van der Waals surface area contributed by atoms with Crippen molar-refractivity contribution in [2.75, 3.05) is 0 Å². The van der Waals surface area contributed by atoms with E-state index < -0.39 is 0 Å². The van der Waals surface area contributed by atoms with Crippen LogP contribution in [0.5, 0.6) is 5.75 Å². The van der Waals surface area contributed by atoms with E-state index >= 15 is 0 Å². The van der Waals surface area contributed by atoms with Crippen molar-refractivity contribution < 1.29 is 5.11 Å². The largest absolute Gasteiger partial charge is 0.508 e. The molecule has 0 spiro atoms. The third-order valence-electron chi connectivity index (χ3n) is 5.34. The van der Waals surface area contributed by atoms with E-state index in [0.717, 1.165) is 23.2 Å². The van der Waals surface area contributed by atoms with Crippen molar-refractivity contribution in [3.63, 3.8) is 0 Å². The molecule has 3 aromatic carbocycles. The van der Waals surface area contributed by atoms with E-state index in [1.807, 2.05) is 18.2 Å². The van der Waals surface area contributed by atoms with Gasteiger partial charge < -0.3 is 10.4 Å². The van der Waals surface area contributed by atoms with Gasteiger partial charge in [-0.3, -0.25) is 5.32 Å². The summed E-state index contributed by atoms with van der Waals surface area (Å²) in [7, 11) is 0. The molecule has 3 aromatic rings. The molecule has 3 N–H and O–H groups in total. The molecule has 3 heteroatoms. The summed E-state index contributed by atoms with van der Waals surface area (Å²) in [6.45, 7) is 4.26. The van der Waals surface area contributed by atoms with Crippen LogP contribution in [0, 0.1) is 6.92 Å². The second-order valence-corrected chi connectivity index (χ2v) is 7.32. The number of hydrogen-bond donors (Lipinski definition) is 3. The van der Waals surface area contributed by atoms with Crippen LogP contribution in [0.1, 0.15) is 46.9 Å². The fourth-order valence-corrected chi connectivity index (χ4v) is 3.61. The van der Waals surface area contributed by atoms with Crippen molar-refractivity contribution in [2.45, 2.75) is 32.5 Å². The summed E-state index contributed by atoms with van der Waals surface area (Å²) in [6, 6.07) is 24.7. The number of benzene rings is 3. The number of aromatic hydroxyl groups is 1. The maximum atomic E-state index is 10.4. The minimum atomic E-state index is -0.0883. The Bertz CT molecular complexity index is 974. The molecule has 0 saturated heterocycles. The van der Waals surface area contributed by atoms with Gasteiger partial charge in [-0.15, -0.1) is 0 Å². The van der Waals surface area contributed by atoms with E-state index in [2.05, 4.69) is 79.1 Å². The van der Waals surface area contributed by atoms with Crippen molar-refractivity contribution in [3.05, 3.63) is 107 Å². The standard InChI is InChI=1S/C25H26N2O/c1-3-18-10-14-19(15-11-18)22-16-23(21-6-4-5-7-24(21)28)27-25(26-22)20-12-8-17(2)9-13-20/h4-16,23,25-28H,3H2,1-2H3. The van der Waals surface area contributed by atoms with Gasteiger partial charge in [-0.2, -0.15) is 0 Å². The summed E-state index contributed by atoms with van der Waals surface area (Å²) >= 11 is 0. The third kappa shape index (κ3) is 3.80. The molecule has 0 fully saturated rings. The molecule has 28 heavy (non-hydrogen) atoms. The number of aryl methyl sites for hydroxylation is 2. The Morgan fingerprint density at radius 3 is 2.29 bits per heavy atom. The molecule has 1 heterocycles. The van der Waals surface area contributed by atoms with Crippen LogP contribution in [0.25, 0.3) is 5.70 Å². The van der Waals surface area contributed by atoms with Gasteiger partial charge in [0.2, 0.25) is 0 Å². The fourth-order valence-electron chi connectivity index (χ4n) is 3.61. The highest BCUT2D eigenvalue weighted by molar-refractivity contribution is 5.67. The maximum Gasteiger partial charge on any atom is 0.120 e. The van der Waals surface area contributed by atoms with E-state index in [4.69, 9.17) is 0 Å². The second kappa shape index (κ2) is 7.91. The molecule has 0 radical (unpaired) electrons. The molecule has 1 aliphatic rings. The molecule has 0 aliphatic carbocycles. The van der Waals surface area contributed by atoms with Crippen molar-refractivity contribution in [2.24, 2.45) is 0 Å². The van der Waals surface area contributed by atoms with Crippen molar-refractivity contribution in [1.29, 1.82) is 0 Å². The number of phenols is 1. The normalized spacial score (nSPS) is 19.0. The molecule has 1 aliphatic heterocycles. The minimum Gasteiger partial charge on any atom is -0.508 e. The summed E-state index contributed by atoms with van der Waals surface area (Å²) in [6.07, 6.45) is 3.14. The second-order valence-electron chi connectivity index (χ2n) is 7.32. The summed E-state index contributed by atoms with van der Waals surface area (Å²) in [5.41, 5.74) is 6.83. The van der Waals surface area contributed by atoms with Gasteiger partial charge >= 0.3 is 0 Å². The minimum absolute atomic E-state index is 0.0453. The molecular formula is C25H26N2O. The average molecular weight is 370 g/mol. The highest BCUT2D eigenvalue weighted by atomic mass is 16.3. The summed E-state index contributed by atoms with van der Waals surface area (Å²) in [5.74, 6) is 0.307. The van der Waals surface area contributed by atoms with Crippen LogP contribution < -0.4 is 10.6 Å². The van der Waals surface area contributed by atoms with Crippen LogP contribution in [0.3, 0.4) is 0 Å². The number of para-hydroxylation sites is 1. The van der Waals surface area contributed by atoms with Crippen molar-refractivity contribution in [1.82, 2.24) is 10.6 Å². The van der Waals surface area contributed by atoms with Crippen LogP contribution in [0.4, 0.5) is 0 Å². The molecule has 0 aromatic heterocycles. The molecule has 2 unspecified atom stereocenters. The lowest BCUT2D eigenvalue weighted by atomic mass is 9.97. The van der Waals surface area contributed by atoms with Gasteiger partial charge in [0.15, 0.2) is 0 Å². The first-order valence-electron chi connectivity index (χ1n) is 9.82. The van der Waals surface area contributed by atoms with E-state index in [1.165, 1.54) is 16.7 Å². The number of hydrogen-bond acceptors (Lipinski definition) is 3. The van der Waals surface area contributed by atoms with Gasteiger partial charge in [0.05, 0.1) is 6.04 Å². The maximum absolute atomic E-state index is 10.4. The fraction of sp³-hybridized carbons (Fsp3) is 0.200. The lowest BCUT2D eigenvalue weighted by Crippen LogP contribution is -2.39. The molecule has 0 amide bonds. The monoisotopic (exact) mass is 370 g/mol. The predicted octanol–water partition coefficient (Wildman–Crippen LogP) is 5.24. The molecule has 3 nitrogen and oxygen atoms in total. The van der Waals surface area contributed by atoms with Crippen LogP contribution in [-0.4, -0.2) is 5.11 Å². The smallest absolute Gasteiger partial charge is 0.120 e. The van der Waals surface area contributed by atoms with Crippen molar-refractivity contribution >= 4 is 5.70 Å². The molecule has 142 valence electrons. The molecular weight excluding hydrogens is 344 g/mol. The van der Waals surface area contributed by atoms with Gasteiger partial charge in [-0.1, -0.05) is 79.2 Å². The van der Waals surface area contributed by atoms with Crippen molar-refractivity contribution in [3.8, 4) is 5.75 Å². The predicted molar refractivity (Wildman–Crippen MR) is 115 cm³/mol. The Balaban J connectivity index is 1.73. The number of phenolic OH excluding ortho intramolecular Hbond substituents is 1. The zero-order valence-electron chi connectivity index (χ0n) is 16.3. The van der Waals surface area contributed by atoms with Gasteiger partial charge in [-0.25, -0.2) is 0 Å². The first kappa shape index (κ1) is 18.3. The van der Waals surface area contributed by atoms with Crippen LogP contribution in [0.2, 0.25) is 0 Å². The first-order chi connectivity index (χ1) is 13.6. The summed E-state index contributed by atoms with van der Waals surface area (Å²) in [4.78, 5) is 0. The van der Waals surface area contributed by atoms with Gasteiger partial charge in [0, 0.05) is 11.3 Å². The first-order valence-corrected chi connectivity index (χ1v) is 9.82. The van der Waals surface area contributed by atoms with Crippen LogP contribution in [-0.2, 0) is 6.42 Å². The lowest BCUT2D eigenvalue weighted by molar-refractivity contribution is 0.419. The summed E-state index contributed by atoms with van der Waals surface area (Å²) < 4.78 is 0. The summed E-state index contributed by atoms with van der Waals surface area (Å²) in [5, 5.41) is 17.6. The Labute approximate surface area is 166 Å². The van der Waals surface area contributed by atoms with E-state index in [-0.39, 0.29) is 12.2 Å². The Hall–Kier alpha value is -3.04. The van der Waals surface area contributed by atoms with Gasteiger partial charge in [-0.05, 0) is 42.2 Å². The highest BCUT2D eigenvalue weighted by Crippen LogP contribution is 2.33. The SMILES string of the molecule is CCc1ccc(C2=CC(c3ccccc3O)NC(c3ccc(C)cc3)N2)cc1.